The number of nitrogens with one attached hydrogen (secondary N) is 1. The third-order valence-corrected chi connectivity index (χ3v) is 4.73. The quantitative estimate of drug-likeness (QED) is 0.722. The normalized spacial score (nSPS) is 12.6. The van der Waals surface area contributed by atoms with Crippen molar-refractivity contribution in [2.45, 2.75) is 32.4 Å². The Morgan fingerprint density at radius 1 is 1.21 bits per heavy atom. The summed E-state index contributed by atoms with van der Waals surface area (Å²) in [6.07, 6.45) is 2.30. The molecule has 0 amide bonds. The second kappa shape index (κ2) is 7.30. The highest BCUT2D eigenvalue weighted by Gasteiger charge is 2.11. The van der Waals surface area contributed by atoms with Gasteiger partial charge in [0.15, 0.2) is 0 Å². The van der Waals surface area contributed by atoms with Crippen LogP contribution in [-0.2, 0) is 6.54 Å². The molecule has 1 aromatic heterocycles. The SMILES string of the molecule is CCCC(NCc1ccc(Cl)c(Cl)c1)c1cccs1. The molecule has 0 aliphatic heterocycles. The van der Waals surface area contributed by atoms with E-state index in [-0.39, 0.29) is 0 Å². The smallest absolute Gasteiger partial charge is 0.0595 e. The molecular weight excluding hydrogens is 297 g/mol. The van der Waals surface area contributed by atoms with Crippen molar-refractivity contribution < 1.29 is 0 Å². The monoisotopic (exact) mass is 313 g/mol. The number of thiophene rings is 1. The van der Waals surface area contributed by atoms with Gasteiger partial charge in [0, 0.05) is 17.5 Å². The van der Waals surface area contributed by atoms with E-state index in [9.17, 15) is 0 Å². The van der Waals surface area contributed by atoms with Crippen LogP contribution in [0, 0.1) is 0 Å². The fourth-order valence-corrected chi connectivity index (χ4v) is 3.17. The molecule has 2 aromatic rings. The molecule has 102 valence electrons. The van der Waals surface area contributed by atoms with Gasteiger partial charge in [-0.25, -0.2) is 0 Å². The highest BCUT2D eigenvalue weighted by molar-refractivity contribution is 7.10. The van der Waals surface area contributed by atoms with Crippen LogP contribution in [0.1, 0.15) is 36.2 Å². The lowest BCUT2D eigenvalue weighted by molar-refractivity contribution is 0.500. The predicted octanol–water partition coefficient (Wildman–Crippen LogP) is 5.69. The Hall–Kier alpha value is -0.540. The first kappa shape index (κ1) is 14.9. The lowest BCUT2D eigenvalue weighted by Gasteiger charge is -2.17. The van der Waals surface area contributed by atoms with E-state index >= 15 is 0 Å². The molecule has 0 fully saturated rings. The van der Waals surface area contributed by atoms with Crippen molar-refractivity contribution in [3.63, 3.8) is 0 Å². The van der Waals surface area contributed by atoms with Gasteiger partial charge in [0.05, 0.1) is 10.0 Å². The Bertz CT molecular complexity index is 511. The molecule has 0 bridgehead atoms. The van der Waals surface area contributed by atoms with Crippen molar-refractivity contribution in [3.05, 3.63) is 56.2 Å². The summed E-state index contributed by atoms with van der Waals surface area (Å²) in [4.78, 5) is 1.39. The molecule has 0 spiro atoms. The van der Waals surface area contributed by atoms with Crippen LogP contribution in [0.4, 0.5) is 0 Å². The third-order valence-electron chi connectivity index (χ3n) is 3.00. The van der Waals surface area contributed by atoms with Crippen LogP contribution in [0.2, 0.25) is 10.0 Å². The van der Waals surface area contributed by atoms with E-state index in [0.717, 1.165) is 24.9 Å². The number of benzene rings is 1. The van der Waals surface area contributed by atoms with E-state index in [1.807, 2.05) is 18.2 Å². The molecule has 0 aliphatic rings. The summed E-state index contributed by atoms with van der Waals surface area (Å²) in [7, 11) is 0. The molecule has 1 atom stereocenters. The Balaban J connectivity index is 2.00. The molecule has 1 unspecified atom stereocenters. The maximum absolute atomic E-state index is 6.03. The van der Waals surface area contributed by atoms with Crippen LogP contribution in [0.15, 0.2) is 35.7 Å². The van der Waals surface area contributed by atoms with Gasteiger partial charge >= 0.3 is 0 Å². The summed E-state index contributed by atoms with van der Waals surface area (Å²) in [6, 6.07) is 10.5. The Morgan fingerprint density at radius 3 is 2.68 bits per heavy atom. The van der Waals surface area contributed by atoms with Gasteiger partial charge < -0.3 is 5.32 Å². The van der Waals surface area contributed by atoms with E-state index in [1.54, 1.807) is 11.3 Å². The van der Waals surface area contributed by atoms with Gasteiger partial charge in [-0.05, 0) is 35.6 Å². The van der Waals surface area contributed by atoms with Gasteiger partial charge in [-0.3, -0.25) is 0 Å². The van der Waals surface area contributed by atoms with Crippen LogP contribution >= 0.6 is 34.5 Å². The van der Waals surface area contributed by atoms with Crippen LogP contribution in [0.5, 0.6) is 0 Å². The van der Waals surface area contributed by atoms with Gasteiger partial charge in [-0.2, -0.15) is 0 Å². The Labute approximate surface area is 128 Å². The molecule has 0 radical (unpaired) electrons. The summed E-state index contributed by atoms with van der Waals surface area (Å²) in [5.41, 5.74) is 1.16. The van der Waals surface area contributed by atoms with Crippen molar-refractivity contribution in [1.29, 1.82) is 0 Å². The van der Waals surface area contributed by atoms with Crippen molar-refractivity contribution in [2.24, 2.45) is 0 Å². The Kier molecular flexibility index (Phi) is 5.71. The van der Waals surface area contributed by atoms with Crippen molar-refractivity contribution in [1.82, 2.24) is 5.32 Å². The molecule has 1 nitrogen and oxygen atoms in total. The third kappa shape index (κ3) is 4.22. The van der Waals surface area contributed by atoms with E-state index in [4.69, 9.17) is 23.2 Å². The summed E-state index contributed by atoms with van der Waals surface area (Å²) < 4.78 is 0. The van der Waals surface area contributed by atoms with Crippen LogP contribution < -0.4 is 5.32 Å². The molecule has 1 N–H and O–H groups in total. The van der Waals surface area contributed by atoms with Crippen LogP contribution in [-0.4, -0.2) is 0 Å². The molecular formula is C15H17Cl2NS. The van der Waals surface area contributed by atoms with Crippen molar-refractivity contribution in [3.8, 4) is 0 Å². The maximum Gasteiger partial charge on any atom is 0.0595 e. The first-order chi connectivity index (χ1) is 9.20. The molecule has 2 rings (SSSR count). The fraction of sp³-hybridized carbons (Fsp3) is 0.333. The lowest BCUT2D eigenvalue weighted by Crippen LogP contribution is -2.19. The van der Waals surface area contributed by atoms with Gasteiger partial charge in [0.25, 0.3) is 0 Å². The summed E-state index contributed by atoms with van der Waals surface area (Å²) >= 11 is 13.8. The fourth-order valence-electron chi connectivity index (χ4n) is 2.01. The average molecular weight is 314 g/mol. The second-order valence-corrected chi connectivity index (χ2v) is 6.28. The average Bonchev–Trinajstić information content (AvgIpc) is 2.92. The van der Waals surface area contributed by atoms with Crippen molar-refractivity contribution >= 4 is 34.5 Å². The van der Waals surface area contributed by atoms with Crippen LogP contribution in [0.25, 0.3) is 0 Å². The maximum atomic E-state index is 6.03. The molecule has 19 heavy (non-hydrogen) atoms. The molecule has 0 saturated carbocycles. The molecule has 4 heteroatoms. The number of rotatable bonds is 6. The molecule has 0 saturated heterocycles. The second-order valence-electron chi connectivity index (χ2n) is 4.49. The topological polar surface area (TPSA) is 12.0 Å². The standard InChI is InChI=1S/C15H17Cl2NS/c1-2-4-14(15-5-3-8-19-15)18-10-11-6-7-12(16)13(17)9-11/h3,5-9,14,18H,2,4,10H2,1H3. The first-order valence-corrected chi connectivity index (χ1v) is 8.05. The summed E-state index contributed by atoms with van der Waals surface area (Å²) in [5, 5.41) is 6.94. The molecule has 1 aromatic carbocycles. The van der Waals surface area contributed by atoms with Gasteiger partial charge in [0.2, 0.25) is 0 Å². The zero-order chi connectivity index (χ0) is 13.7. The summed E-state index contributed by atoms with van der Waals surface area (Å²) in [5.74, 6) is 0. The number of hydrogen-bond donors (Lipinski definition) is 1. The highest BCUT2D eigenvalue weighted by Crippen LogP contribution is 2.25. The van der Waals surface area contributed by atoms with Gasteiger partial charge in [-0.1, -0.05) is 48.7 Å². The minimum Gasteiger partial charge on any atom is -0.305 e. The van der Waals surface area contributed by atoms with Crippen LogP contribution in [0.3, 0.4) is 0 Å². The largest absolute Gasteiger partial charge is 0.305 e. The summed E-state index contributed by atoms with van der Waals surface area (Å²) in [6.45, 7) is 3.01. The van der Waals surface area contributed by atoms with Gasteiger partial charge in [-0.15, -0.1) is 11.3 Å². The zero-order valence-corrected chi connectivity index (χ0v) is 13.2. The number of halogens is 2. The number of hydrogen-bond acceptors (Lipinski definition) is 2. The molecule has 0 aliphatic carbocycles. The van der Waals surface area contributed by atoms with Crippen molar-refractivity contribution in [2.75, 3.05) is 0 Å². The highest BCUT2D eigenvalue weighted by atomic mass is 35.5. The minimum absolute atomic E-state index is 0.416. The van der Waals surface area contributed by atoms with Gasteiger partial charge in [0.1, 0.15) is 0 Å². The van der Waals surface area contributed by atoms with E-state index < -0.39 is 0 Å². The first-order valence-electron chi connectivity index (χ1n) is 6.41. The van der Waals surface area contributed by atoms with E-state index in [2.05, 4.69) is 29.8 Å². The lowest BCUT2D eigenvalue weighted by atomic mass is 10.1. The van der Waals surface area contributed by atoms with E-state index in [1.165, 1.54) is 4.88 Å². The minimum atomic E-state index is 0.416. The molecule has 1 heterocycles. The zero-order valence-electron chi connectivity index (χ0n) is 10.8. The predicted molar refractivity (Wildman–Crippen MR) is 85.3 cm³/mol. The van der Waals surface area contributed by atoms with E-state index in [0.29, 0.717) is 16.1 Å². The Morgan fingerprint density at radius 2 is 2.05 bits per heavy atom.